The van der Waals surface area contributed by atoms with Crippen molar-refractivity contribution in [2.75, 3.05) is 7.11 Å². The fourth-order valence-corrected chi connectivity index (χ4v) is 2.68. The monoisotopic (exact) mass is 318 g/mol. The van der Waals surface area contributed by atoms with Crippen LogP contribution in [0, 0.1) is 0 Å². The summed E-state index contributed by atoms with van der Waals surface area (Å²) < 4.78 is 5.17. The summed E-state index contributed by atoms with van der Waals surface area (Å²) in [6.45, 7) is 3.76. The summed E-state index contributed by atoms with van der Waals surface area (Å²) in [6.07, 6.45) is 1.00. The molecule has 0 bridgehead atoms. The number of H-pyrrole nitrogens is 1. The van der Waals surface area contributed by atoms with E-state index in [1.165, 1.54) is 0 Å². The molecule has 1 amide bonds. The molecule has 124 valence electrons. The van der Waals surface area contributed by atoms with E-state index in [0.29, 0.717) is 24.3 Å². The largest absolute Gasteiger partial charge is 0.497 e. The molecule has 0 fully saturated rings. The number of ether oxygens (including phenoxy) is 1. The number of aromatic amines is 1. The zero-order valence-electron chi connectivity index (χ0n) is 13.6. The van der Waals surface area contributed by atoms with Gasteiger partial charge in [0.25, 0.3) is 5.91 Å². The summed E-state index contributed by atoms with van der Waals surface area (Å²) in [5.41, 5.74) is 0.496. The smallest absolute Gasteiger partial charge is 0.305 e. The molecule has 0 atom stereocenters. The van der Waals surface area contributed by atoms with Crippen LogP contribution in [0.5, 0.6) is 5.75 Å². The molecule has 6 heteroatoms. The molecular weight excluding hydrogens is 296 g/mol. The maximum atomic E-state index is 12.5. The molecule has 6 nitrogen and oxygen atoms in total. The van der Waals surface area contributed by atoms with Gasteiger partial charge >= 0.3 is 5.97 Å². The zero-order chi connectivity index (χ0) is 17.0. The summed E-state index contributed by atoms with van der Waals surface area (Å²) in [6, 6.07) is 7.24. The lowest BCUT2D eigenvalue weighted by molar-refractivity contribution is -0.138. The molecule has 2 aromatic rings. The number of rotatable bonds is 7. The summed E-state index contributed by atoms with van der Waals surface area (Å²) in [7, 11) is 1.59. The van der Waals surface area contributed by atoms with Crippen LogP contribution in [0.25, 0.3) is 10.9 Å². The predicted octanol–water partition coefficient (Wildman–Crippen LogP) is 2.94. The van der Waals surface area contributed by atoms with Crippen LogP contribution in [0.4, 0.5) is 0 Å². The first-order valence-electron chi connectivity index (χ1n) is 7.64. The minimum Gasteiger partial charge on any atom is -0.497 e. The van der Waals surface area contributed by atoms with Gasteiger partial charge in [-0.15, -0.1) is 0 Å². The number of carboxylic acids is 1. The van der Waals surface area contributed by atoms with Gasteiger partial charge < -0.3 is 20.1 Å². The van der Waals surface area contributed by atoms with Crippen molar-refractivity contribution in [2.24, 2.45) is 0 Å². The van der Waals surface area contributed by atoms with Gasteiger partial charge in [-0.2, -0.15) is 0 Å². The van der Waals surface area contributed by atoms with Crippen molar-refractivity contribution in [1.82, 2.24) is 10.3 Å². The molecule has 2 rings (SSSR count). The van der Waals surface area contributed by atoms with E-state index >= 15 is 0 Å². The van der Waals surface area contributed by atoms with Gasteiger partial charge in [-0.25, -0.2) is 0 Å². The van der Waals surface area contributed by atoms with Crippen molar-refractivity contribution in [1.29, 1.82) is 0 Å². The highest BCUT2D eigenvalue weighted by Crippen LogP contribution is 2.24. The lowest BCUT2D eigenvalue weighted by Gasteiger charge is -2.31. The molecule has 1 aromatic carbocycles. The Morgan fingerprint density at radius 1 is 1.26 bits per heavy atom. The van der Waals surface area contributed by atoms with E-state index in [1.807, 2.05) is 32.0 Å². The molecule has 23 heavy (non-hydrogen) atoms. The lowest BCUT2D eigenvalue weighted by Crippen LogP contribution is -2.49. The van der Waals surface area contributed by atoms with Crippen LogP contribution in [-0.4, -0.2) is 34.6 Å². The Kier molecular flexibility index (Phi) is 4.93. The van der Waals surface area contributed by atoms with Gasteiger partial charge in [0, 0.05) is 10.9 Å². The van der Waals surface area contributed by atoms with Crippen LogP contribution in [0.1, 0.15) is 43.6 Å². The molecule has 0 spiro atoms. The molecule has 0 saturated carbocycles. The molecule has 0 unspecified atom stereocenters. The number of carbonyl (C=O) groups excluding carboxylic acids is 1. The molecule has 0 radical (unpaired) electrons. The Hall–Kier alpha value is -2.50. The molecule has 0 aliphatic rings. The standard InChI is InChI=1S/C17H22N2O4/c1-4-17(5-2,10-15(20)21)19-16(22)14-9-11-8-12(23-3)6-7-13(11)18-14/h6-9,18H,4-5,10H2,1-3H3,(H,19,22)(H,20,21). The molecule has 1 aromatic heterocycles. The Balaban J connectivity index is 2.26. The molecule has 0 aliphatic heterocycles. The summed E-state index contributed by atoms with van der Waals surface area (Å²) in [4.78, 5) is 26.7. The Morgan fingerprint density at radius 3 is 2.52 bits per heavy atom. The van der Waals surface area contributed by atoms with E-state index in [-0.39, 0.29) is 12.3 Å². The minimum atomic E-state index is -0.921. The average molecular weight is 318 g/mol. The maximum Gasteiger partial charge on any atom is 0.305 e. The Morgan fingerprint density at radius 2 is 1.96 bits per heavy atom. The number of fused-ring (bicyclic) bond motifs is 1. The van der Waals surface area contributed by atoms with Crippen LogP contribution in [0.3, 0.4) is 0 Å². The van der Waals surface area contributed by atoms with E-state index in [1.54, 1.807) is 13.2 Å². The maximum absolute atomic E-state index is 12.5. The van der Waals surface area contributed by atoms with Crippen LogP contribution in [0.15, 0.2) is 24.3 Å². The second kappa shape index (κ2) is 6.73. The first-order chi connectivity index (χ1) is 10.9. The summed E-state index contributed by atoms with van der Waals surface area (Å²) in [5, 5.41) is 12.8. The third-order valence-corrected chi connectivity index (χ3v) is 4.29. The van der Waals surface area contributed by atoms with Crippen LogP contribution in [0.2, 0.25) is 0 Å². The van der Waals surface area contributed by atoms with Crippen molar-refractivity contribution in [3.05, 3.63) is 30.0 Å². The van der Waals surface area contributed by atoms with Crippen molar-refractivity contribution < 1.29 is 19.4 Å². The second-order valence-corrected chi connectivity index (χ2v) is 5.65. The number of aliphatic carboxylic acids is 1. The van der Waals surface area contributed by atoms with Gasteiger partial charge in [-0.1, -0.05) is 13.8 Å². The van der Waals surface area contributed by atoms with Crippen molar-refractivity contribution in [2.45, 2.75) is 38.6 Å². The number of methoxy groups -OCH3 is 1. The van der Waals surface area contributed by atoms with E-state index in [9.17, 15) is 9.59 Å². The first-order valence-corrected chi connectivity index (χ1v) is 7.64. The topological polar surface area (TPSA) is 91.4 Å². The number of carboxylic acid groups (broad SMARTS) is 1. The normalized spacial score (nSPS) is 11.4. The molecule has 0 aliphatic carbocycles. The number of benzene rings is 1. The van der Waals surface area contributed by atoms with Gasteiger partial charge in [0.2, 0.25) is 0 Å². The quantitative estimate of drug-likeness (QED) is 0.732. The van der Waals surface area contributed by atoms with E-state index in [2.05, 4.69) is 10.3 Å². The second-order valence-electron chi connectivity index (χ2n) is 5.65. The number of amides is 1. The van der Waals surface area contributed by atoms with Gasteiger partial charge in [-0.3, -0.25) is 9.59 Å². The first kappa shape index (κ1) is 16.9. The highest BCUT2D eigenvalue weighted by molar-refractivity contribution is 5.98. The summed E-state index contributed by atoms with van der Waals surface area (Å²) in [5.74, 6) is -0.508. The predicted molar refractivity (Wildman–Crippen MR) is 87.9 cm³/mol. The van der Waals surface area contributed by atoms with Crippen molar-refractivity contribution in [3.8, 4) is 5.75 Å². The number of aromatic nitrogens is 1. The Labute approximate surface area is 134 Å². The average Bonchev–Trinajstić information content (AvgIpc) is 2.96. The SMILES string of the molecule is CCC(CC)(CC(=O)O)NC(=O)c1cc2cc(OC)ccc2[nH]1. The fraction of sp³-hybridized carbons (Fsp3) is 0.412. The molecule has 0 saturated heterocycles. The minimum absolute atomic E-state index is 0.0974. The highest BCUT2D eigenvalue weighted by atomic mass is 16.5. The third kappa shape index (κ3) is 3.64. The third-order valence-electron chi connectivity index (χ3n) is 4.29. The number of hydrogen-bond donors (Lipinski definition) is 3. The zero-order valence-corrected chi connectivity index (χ0v) is 13.6. The van der Waals surface area contributed by atoms with E-state index < -0.39 is 11.5 Å². The van der Waals surface area contributed by atoms with Crippen LogP contribution >= 0.6 is 0 Å². The Bertz CT molecular complexity index is 716. The van der Waals surface area contributed by atoms with Gasteiger partial charge in [0.05, 0.1) is 19.1 Å². The van der Waals surface area contributed by atoms with E-state index in [0.717, 1.165) is 10.9 Å². The van der Waals surface area contributed by atoms with Crippen LogP contribution in [-0.2, 0) is 4.79 Å². The summed E-state index contributed by atoms with van der Waals surface area (Å²) >= 11 is 0. The highest BCUT2D eigenvalue weighted by Gasteiger charge is 2.31. The van der Waals surface area contributed by atoms with E-state index in [4.69, 9.17) is 9.84 Å². The van der Waals surface area contributed by atoms with Gasteiger partial charge in [0.1, 0.15) is 11.4 Å². The number of carbonyl (C=O) groups is 2. The van der Waals surface area contributed by atoms with Crippen molar-refractivity contribution in [3.63, 3.8) is 0 Å². The fourth-order valence-electron chi connectivity index (χ4n) is 2.68. The molecular formula is C17H22N2O4. The number of nitrogens with one attached hydrogen (secondary N) is 2. The van der Waals surface area contributed by atoms with Gasteiger partial charge in [0.15, 0.2) is 0 Å². The lowest BCUT2D eigenvalue weighted by atomic mass is 9.89. The van der Waals surface area contributed by atoms with Gasteiger partial charge in [-0.05, 0) is 37.1 Å². The van der Waals surface area contributed by atoms with Crippen molar-refractivity contribution >= 4 is 22.8 Å². The number of hydrogen-bond acceptors (Lipinski definition) is 3. The molecule has 3 N–H and O–H groups in total. The molecule has 1 heterocycles. The van der Waals surface area contributed by atoms with Crippen LogP contribution < -0.4 is 10.1 Å².